The number of nitrogens with one attached hydrogen (secondary N) is 1. The smallest absolute Gasteiger partial charge is 0.322 e. The summed E-state index contributed by atoms with van der Waals surface area (Å²) in [4.78, 5) is 26.5. The van der Waals surface area contributed by atoms with Gasteiger partial charge in [0.1, 0.15) is 0 Å². The van der Waals surface area contributed by atoms with Crippen LogP contribution in [-0.2, 0) is 16.8 Å². The Bertz CT molecular complexity index is 961. The molecule has 3 aliphatic rings. The number of urea groups is 1. The molecule has 0 bridgehead atoms. The second kappa shape index (κ2) is 8.98. The van der Waals surface area contributed by atoms with E-state index in [4.69, 9.17) is 11.6 Å². The first kappa shape index (κ1) is 24.1. The third kappa shape index (κ3) is 4.80. The molecule has 2 amide bonds. The quantitative estimate of drug-likeness (QED) is 0.459. The van der Waals surface area contributed by atoms with Gasteiger partial charge < -0.3 is 10.4 Å². The molecule has 2 aliphatic carbocycles. The monoisotopic (exact) mass is 472 g/mol. The predicted molar refractivity (Wildman–Crippen MR) is 131 cm³/mol. The molecular weight excluding hydrogens is 436 g/mol. The van der Waals surface area contributed by atoms with Gasteiger partial charge in [-0.05, 0) is 86.0 Å². The number of benzene rings is 1. The van der Waals surface area contributed by atoms with E-state index in [1.807, 2.05) is 4.90 Å². The van der Waals surface area contributed by atoms with Crippen LogP contribution in [0.25, 0.3) is 0 Å². The summed E-state index contributed by atoms with van der Waals surface area (Å²) in [6, 6.07) is 6.21. The van der Waals surface area contributed by atoms with Crippen molar-refractivity contribution in [3.8, 4) is 0 Å². The summed E-state index contributed by atoms with van der Waals surface area (Å²) in [5, 5.41) is 13.4. The molecular formula is C27H37ClN2O3. The molecule has 2 N–H and O–H groups in total. The number of halogens is 1. The first-order valence-electron chi connectivity index (χ1n) is 12.4. The molecule has 0 aromatic heterocycles. The lowest BCUT2D eigenvalue weighted by molar-refractivity contribution is -0.138. The number of hydrogen-bond donors (Lipinski definition) is 2. The van der Waals surface area contributed by atoms with Gasteiger partial charge in [-0.25, -0.2) is 4.79 Å². The van der Waals surface area contributed by atoms with E-state index < -0.39 is 11.5 Å². The third-order valence-electron chi connectivity index (χ3n) is 7.91. The number of hydrogen-bond acceptors (Lipinski definition) is 2. The fourth-order valence-corrected chi connectivity index (χ4v) is 5.94. The number of aliphatic carboxylic acids is 1. The number of carbonyl (C=O) groups excluding carboxylic acids is 1. The molecule has 4 rings (SSSR count). The standard InChI is InChI=1S/C27H37ClN2O3/c1-25(2,3)15-10-19-8-9-20(17-22(19)28)27-14-5-4-7-21(27)18-30(24(33)29-27)26(12-6-13-26)16-11-23(31)32/h8-9,17-18H,4-7,10-16H2,1-3H3,(H,29,33)(H,31,32)/t27-/m0/s1. The SMILES string of the molecule is CC(C)(C)CCc1ccc([C@@]23CCCCC2=CN(C2(CCC(=O)O)CCC2)C(=O)N3)cc1Cl. The Morgan fingerprint density at radius 3 is 2.55 bits per heavy atom. The zero-order valence-electron chi connectivity index (χ0n) is 20.2. The lowest BCUT2D eigenvalue weighted by atomic mass is 9.69. The number of rotatable bonds is 7. The van der Waals surface area contributed by atoms with Crippen LogP contribution in [0.3, 0.4) is 0 Å². The van der Waals surface area contributed by atoms with Crippen LogP contribution >= 0.6 is 11.6 Å². The minimum atomic E-state index is -0.806. The van der Waals surface area contributed by atoms with Gasteiger partial charge in [-0.1, -0.05) is 50.9 Å². The molecule has 1 heterocycles. The fraction of sp³-hybridized carbons (Fsp3) is 0.630. The summed E-state index contributed by atoms with van der Waals surface area (Å²) in [6.45, 7) is 6.71. The van der Waals surface area contributed by atoms with Crippen molar-refractivity contribution in [1.29, 1.82) is 0 Å². The number of carboxylic acids is 1. The van der Waals surface area contributed by atoms with Gasteiger partial charge in [0.2, 0.25) is 0 Å². The Kier molecular flexibility index (Phi) is 6.56. The molecule has 0 radical (unpaired) electrons. The highest BCUT2D eigenvalue weighted by molar-refractivity contribution is 6.31. The molecule has 1 aromatic rings. The van der Waals surface area contributed by atoms with Crippen molar-refractivity contribution >= 4 is 23.6 Å². The maximum Gasteiger partial charge on any atom is 0.322 e. The Morgan fingerprint density at radius 2 is 1.94 bits per heavy atom. The highest BCUT2D eigenvalue weighted by Gasteiger charge is 2.50. The molecule has 1 aliphatic heterocycles. The highest BCUT2D eigenvalue weighted by Crippen LogP contribution is 2.49. The van der Waals surface area contributed by atoms with Gasteiger partial charge in [0.05, 0.1) is 5.54 Å². The van der Waals surface area contributed by atoms with Crippen molar-refractivity contribution in [3.05, 3.63) is 46.1 Å². The van der Waals surface area contributed by atoms with Gasteiger partial charge in [-0.3, -0.25) is 9.69 Å². The first-order valence-corrected chi connectivity index (χ1v) is 12.8. The van der Waals surface area contributed by atoms with E-state index in [1.54, 1.807) is 0 Å². The van der Waals surface area contributed by atoms with Crippen LogP contribution in [0.1, 0.15) is 96.1 Å². The summed E-state index contributed by atoms with van der Waals surface area (Å²) in [7, 11) is 0. The van der Waals surface area contributed by atoms with Crippen molar-refractivity contribution in [2.75, 3.05) is 0 Å². The summed E-state index contributed by atoms with van der Waals surface area (Å²) >= 11 is 6.75. The lowest BCUT2D eigenvalue weighted by Gasteiger charge is -2.54. The molecule has 180 valence electrons. The van der Waals surface area contributed by atoms with Crippen LogP contribution in [0.15, 0.2) is 30.0 Å². The van der Waals surface area contributed by atoms with Crippen LogP contribution in [0.5, 0.6) is 0 Å². The van der Waals surface area contributed by atoms with Crippen LogP contribution in [0, 0.1) is 5.41 Å². The van der Waals surface area contributed by atoms with Crippen molar-refractivity contribution in [2.45, 2.75) is 102 Å². The number of carbonyl (C=O) groups is 2. The van der Waals surface area contributed by atoms with Gasteiger partial charge in [-0.15, -0.1) is 0 Å². The topological polar surface area (TPSA) is 69.6 Å². The third-order valence-corrected chi connectivity index (χ3v) is 8.26. The Balaban J connectivity index is 1.64. The van der Waals surface area contributed by atoms with Crippen molar-refractivity contribution < 1.29 is 14.7 Å². The van der Waals surface area contributed by atoms with E-state index in [9.17, 15) is 14.7 Å². The zero-order valence-corrected chi connectivity index (χ0v) is 20.9. The zero-order chi connectivity index (χ0) is 23.9. The van der Waals surface area contributed by atoms with E-state index in [-0.39, 0.29) is 23.4 Å². The van der Waals surface area contributed by atoms with Crippen LogP contribution in [0.2, 0.25) is 5.02 Å². The summed E-state index contributed by atoms with van der Waals surface area (Å²) < 4.78 is 0. The summed E-state index contributed by atoms with van der Waals surface area (Å²) in [6.07, 6.45) is 11.3. The molecule has 2 fully saturated rings. The molecule has 2 saturated carbocycles. The molecule has 6 heteroatoms. The maximum atomic E-state index is 13.5. The molecule has 33 heavy (non-hydrogen) atoms. The van der Waals surface area contributed by atoms with Gasteiger partial charge in [-0.2, -0.15) is 0 Å². The lowest BCUT2D eigenvalue weighted by Crippen LogP contribution is -2.63. The van der Waals surface area contributed by atoms with Crippen LogP contribution < -0.4 is 5.32 Å². The molecule has 1 aromatic carbocycles. The molecule has 0 spiro atoms. The first-order chi connectivity index (χ1) is 15.5. The Hall–Kier alpha value is -2.01. The van der Waals surface area contributed by atoms with E-state index >= 15 is 0 Å². The van der Waals surface area contributed by atoms with Crippen LogP contribution in [0.4, 0.5) is 4.79 Å². The normalized spacial score (nSPS) is 24.4. The Morgan fingerprint density at radius 1 is 1.18 bits per heavy atom. The van der Waals surface area contributed by atoms with Gasteiger partial charge in [0, 0.05) is 23.2 Å². The minimum Gasteiger partial charge on any atom is -0.481 e. The summed E-state index contributed by atoms with van der Waals surface area (Å²) in [5.41, 5.74) is 2.79. The van der Waals surface area contributed by atoms with E-state index in [0.29, 0.717) is 6.42 Å². The van der Waals surface area contributed by atoms with Gasteiger partial charge >= 0.3 is 12.0 Å². The fourth-order valence-electron chi connectivity index (χ4n) is 5.67. The molecule has 1 atom stereocenters. The molecule has 0 unspecified atom stereocenters. The number of nitrogens with zero attached hydrogens (tertiary/aromatic N) is 1. The molecule has 0 saturated heterocycles. The number of carboxylic acid groups (broad SMARTS) is 1. The van der Waals surface area contributed by atoms with E-state index in [2.05, 4.69) is 50.5 Å². The average Bonchev–Trinajstić information content (AvgIpc) is 2.71. The number of aryl methyl sites for hydroxylation is 1. The summed E-state index contributed by atoms with van der Waals surface area (Å²) in [5.74, 6) is -0.806. The van der Waals surface area contributed by atoms with E-state index in [0.717, 1.165) is 73.9 Å². The van der Waals surface area contributed by atoms with Crippen LogP contribution in [-0.4, -0.2) is 27.5 Å². The van der Waals surface area contributed by atoms with Crippen molar-refractivity contribution in [3.63, 3.8) is 0 Å². The second-order valence-corrected chi connectivity index (χ2v) is 11.8. The van der Waals surface area contributed by atoms with Gasteiger partial charge in [0.15, 0.2) is 0 Å². The van der Waals surface area contributed by atoms with Crippen molar-refractivity contribution in [1.82, 2.24) is 10.2 Å². The predicted octanol–water partition coefficient (Wildman–Crippen LogP) is 6.78. The molecule has 5 nitrogen and oxygen atoms in total. The van der Waals surface area contributed by atoms with Crippen molar-refractivity contribution in [2.24, 2.45) is 5.41 Å². The highest BCUT2D eigenvalue weighted by atomic mass is 35.5. The van der Waals surface area contributed by atoms with Gasteiger partial charge in [0.25, 0.3) is 0 Å². The number of amides is 2. The largest absolute Gasteiger partial charge is 0.481 e. The number of fused-ring (bicyclic) bond motifs is 1. The minimum absolute atomic E-state index is 0.0870. The second-order valence-electron chi connectivity index (χ2n) is 11.4. The maximum absolute atomic E-state index is 13.5. The Labute approximate surface area is 202 Å². The average molecular weight is 473 g/mol. The van der Waals surface area contributed by atoms with E-state index in [1.165, 1.54) is 5.57 Å².